The van der Waals surface area contributed by atoms with Crippen molar-refractivity contribution in [3.8, 4) is 0 Å². The lowest BCUT2D eigenvalue weighted by molar-refractivity contribution is -0.148. The zero-order valence-corrected chi connectivity index (χ0v) is 21.6. The Morgan fingerprint density at radius 1 is 0.794 bits per heavy atom. The largest absolute Gasteiger partial charge is 0.465 e. The molecule has 0 N–H and O–H groups in total. The van der Waals surface area contributed by atoms with Crippen LogP contribution in [-0.4, -0.2) is 49.6 Å². The van der Waals surface area contributed by atoms with Gasteiger partial charge in [-0.05, 0) is 25.5 Å². The summed E-state index contributed by atoms with van der Waals surface area (Å²) < 4.78 is 15.4. The normalized spacial score (nSPS) is 10.8. The molecule has 0 radical (unpaired) electrons. The van der Waals surface area contributed by atoms with Crippen LogP contribution in [0, 0.1) is 0 Å². The fourth-order valence-corrected chi connectivity index (χ4v) is 3.74. The highest BCUT2D eigenvalue weighted by atomic mass is 16.6. The third kappa shape index (κ3) is 14.1. The molecule has 0 aliphatic rings. The van der Waals surface area contributed by atoms with E-state index in [0.717, 1.165) is 29.9 Å². The van der Waals surface area contributed by atoms with Crippen molar-refractivity contribution in [1.29, 1.82) is 0 Å². The van der Waals surface area contributed by atoms with E-state index in [1.807, 2.05) is 0 Å². The van der Waals surface area contributed by atoms with E-state index in [-0.39, 0.29) is 18.9 Å². The lowest BCUT2D eigenvalue weighted by atomic mass is 10.0. The number of carbonyl (C=O) groups excluding carboxylic acids is 3. The maximum Gasteiger partial charge on any atom is 0.374 e. The topological polar surface area (TPSA) is 86.1 Å². The van der Waals surface area contributed by atoms with Crippen LogP contribution in [0.15, 0.2) is 16.5 Å². The van der Waals surface area contributed by atoms with Crippen molar-refractivity contribution in [3.05, 3.63) is 23.7 Å². The molecule has 1 rings (SSSR count). The molecular weight excluding hydrogens is 434 g/mol. The number of hydrogen-bond acceptors (Lipinski definition) is 6. The second-order valence-electron chi connectivity index (χ2n) is 8.89. The maximum absolute atomic E-state index is 12.1. The summed E-state index contributed by atoms with van der Waals surface area (Å²) in [6.45, 7) is 3.55. The second-order valence-corrected chi connectivity index (χ2v) is 8.89. The average Bonchev–Trinajstić information content (AvgIpc) is 3.29. The van der Waals surface area contributed by atoms with Crippen molar-refractivity contribution < 1.29 is 28.3 Å². The molecular formula is C27H45NO6. The molecule has 0 unspecified atom stereocenters. The van der Waals surface area contributed by atoms with Crippen molar-refractivity contribution >= 4 is 17.8 Å². The summed E-state index contributed by atoms with van der Waals surface area (Å²) >= 11 is 0. The van der Waals surface area contributed by atoms with Gasteiger partial charge in [0.15, 0.2) is 6.61 Å². The van der Waals surface area contributed by atoms with Gasteiger partial charge in [0.1, 0.15) is 12.3 Å². The standard InChI is InChI=1S/C27H45NO6/c1-4-6-7-8-9-10-11-12-13-14-15-16-17-18-23-19-20-24(34-23)27(31)33-22-25(29)28(3)21-26(30)32-5-2/h19-20H,4-18,21-22H2,1-3H3. The van der Waals surface area contributed by atoms with Crippen LogP contribution < -0.4 is 0 Å². The van der Waals surface area contributed by atoms with Crippen LogP contribution in [0.3, 0.4) is 0 Å². The number of furan rings is 1. The number of rotatable bonds is 20. The van der Waals surface area contributed by atoms with Gasteiger partial charge in [-0.2, -0.15) is 0 Å². The highest BCUT2D eigenvalue weighted by Gasteiger charge is 2.18. The zero-order chi connectivity index (χ0) is 25.0. The summed E-state index contributed by atoms with van der Waals surface area (Å²) in [6, 6.07) is 3.36. The predicted molar refractivity (Wildman–Crippen MR) is 133 cm³/mol. The lowest BCUT2D eigenvalue weighted by Crippen LogP contribution is -2.36. The smallest absolute Gasteiger partial charge is 0.374 e. The molecule has 0 aromatic carbocycles. The molecule has 0 fully saturated rings. The SMILES string of the molecule is CCCCCCCCCCCCCCCc1ccc(C(=O)OCC(=O)N(C)CC(=O)OCC)o1. The van der Waals surface area contributed by atoms with E-state index in [0.29, 0.717) is 0 Å². The van der Waals surface area contributed by atoms with Gasteiger partial charge in [-0.15, -0.1) is 0 Å². The fourth-order valence-electron chi connectivity index (χ4n) is 3.74. The van der Waals surface area contributed by atoms with Crippen LogP contribution in [-0.2, 0) is 25.5 Å². The lowest BCUT2D eigenvalue weighted by Gasteiger charge is -2.15. The van der Waals surface area contributed by atoms with E-state index in [2.05, 4.69) is 6.92 Å². The molecule has 1 aromatic rings. The summed E-state index contributed by atoms with van der Waals surface area (Å²) in [7, 11) is 1.45. The molecule has 0 saturated heterocycles. The monoisotopic (exact) mass is 479 g/mol. The highest BCUT2D eigenvalue weighted by molar-refractivity contribution is 5.89. The van der Waals surface area contributed by atoms with Gasteiger partial charge in [0, 0.05) is 13.5 Å². The first-order chi connectivity index (χ1) is 16.5. The van der Waals surface area contributed by atoms with Crippen LogP contribution in [0.1, 0.15) is 114 Å². The Labute approximate surface area is 205 Å². The molecule has 0 spiro atoms. The quantitative estimate of drug-likeness (QED) is 0.166. The van der Waals surface area contributed by atoms with Crippen molar-refractivity contribution in [3.63, 3.8) is 0 Å². The van der Waals surface area contributed by atoms with Gasteiger partial charge < -0.3 is 18.8 Å². The van der Waals surface area contributed by atoms with E-state index < -0.39 is 24.5 Å². The van der Waals surface area contributed by atoms with E-state index in [1.165, 1.54) is 77.7 Å². The number of unbranched alkanes of at least 4 members (excludes halogenated alkanes) is 12. The zero-order valence-electron chi connectivity index (χ0n) is 21.6. The molecule has 0 bridgehead atoms. The number of nitrogens with zero attached hydrogens (tertiary/aromatic N) is 1. The van der Waals surface area contributed by atoms with Gasteiger partial charge in [-0.3, -0.25) is 9.59 Å². The number of ether oxygens (including phenoxy) is 2. The molecule has 0 aliphatic carbocycles. The number of carbonyl (C=O) groups is 3. The maximum atomic E-state index is 12.1. The first kappa shape index (κ1) is 29.7. The molecule has 1 amide bonds. The van der Waals surface area contributed by atoms with Crippen LogP contribution in [0.5, 0.6) is 0 Å². The van der Waals surface area contributed by atoms with Gasteiger partial charge in [0.05, 0.1) is 6.61 Å². The van der Waals surface area contributed by atoms with Gasteiger partial charge in [-0.1, -0.05) is 84.0 Å². The van der Waals surface area contributed by atoms with Gasteiger partial charge in [0.2, 0.25) is 5.76 Å². The summed E-state index contributed by atoms with van der Waals surface area (Å²) in [5.41, 5.74) is 0. The Morgan fingerprint density at radius 3 is 1.91 bits per heavy atom. The number of hydrogen-bond donors (Lipinski definition) is 0. The predicted octanol–water partition coefficient (Wildman–Crippen LogP) is 6.09. The average molecular weight is 480 g/mol. The Morgan fingerprint density at radius 2 is 1.35 bits per heavy atom. The number of aryl methyl sites for hydroxylation is 1. The number of likely N-dealkylation sites (N-methyl/N-ethyl adjacent to an activating group) is 1. The Bertz CT molecular complexity index is 699. The van der Waals surface area contributed by atoms with Gasteiger partial charge in [0.25, 0.3) is 5.91 Å². The molecule has 0 atom stereocenters. The third-order valence-corrected chi connectivity index (χ3v) is 5.81. The van der Waals surface area contributed by atoms with E-state index in [9.17, 15) is 14.4 Å². The molecule has 1 heterocycles. The van der Waals surface area contributed by atoms with Crippen LogP contribution in [0.25, 0.3) is 0 Å². The van der Waals surface area contributed by atoms with Crippen molar-refractivity contribution in [2.24, 2.45) is 0 Å². The second kappa shape index (κ2) is 19.0. The first-order valence-electron chi connectivity index (χ1n) is 13.1. The minimum atomic E-state index is -0.686. The highest BCUT2D eigenvalue weighted by Crippen LogP contribution is 2.15. The van der Waals surface area contributed by atoms with Crippen LogP contribution in [0.4, 0.5) is 0 Å². The van der Waals surface area contributed by atoms with Gasteiger partial charge in [-0.25, -0.2) is 4.79 Å². The number of esters is 2. The minimum Gasteiger partial charge on any atom is -0.465 e. The molecule has 1 aromatic heterocycles. The van der Waals surface area contributed by atoms with Crippen LogP contribution in [0.2, 0.25) is 0 Å². The van der Waals surface area contributed by atoms with E-state index >= 15 is 0 Å². The van der Waals surface area contributed by atoms with E-state index in [1.54, 1.807) is 19.1 Å². The van der Waals surface area contributed by atoms with Crippen molar-refractivity contribution in [2.75, 3.05) is 26.8 Å². The summed E-state index contributed by atoms with van der Waals surface area (Å²) in [4.78, 5) is 36.7. The minimum absolute atomic E-state index is 0.0885. The fraction of sp³-hybridized carbons (Fsp3) is 0.741. The summed E-state index contributed by atoms with van der Waals surface area (Å²) in [5.74, 6) is -0.838. The molecule has 0 aliphatic heterocycles. The molecule has 0 saturated carbocycles. The van der Waals surface area contributed by atoms with E-state index in [4.69, 9.17) is 13.9 Å². The Hall–Kier alpha value is -2.31. The van der Waals surface area contributed by atoms with Crippen molar-refractivity contribution in [1.82, 2.24) is 4.90 Å². The Kier molecular flexibility index (Phi) is 16.6. The molecule has 7 nitrogen and oxygen atoms in total. The third-order valence-electron chi connectivity index (χ3n) is 5.81. The Balaban J connectivity index is 2.09. The van der Waals surface area contributed by atoms with Crippen molar-refractivity contribution in [2.45, 2.75) is 104 Å². The van der Waals surface area contributed by atoms with Gasteiger partial charge >= 0.3 is 11.9 Å². The summed E-state index contributed by atoms with van der Waals surface area (Å²) in [5, 5.41) is 0. The molecule has 34 heavy (non-hydrogen) atoms. The summed E-state index contributed by atoms with van der Waals surface area (Å²) in [6.07, 6.45) is 17.8. The molecule has 194 valence electrons. The molecule has 7 heteroatoms. The number of amides is 1. The first-order valence-corrected chi connectivity index (χ1v) is 13.1. The van der Waals surface area contributed by atoms with Crippen LogP contribution >= 0.6 is 0 Å².